The highest BCUT2D eigenvalue weighted by atomic mass is 16.1. The second-order valence-corrected chi connectivity index (χ2v) is 6.27. The number of Topliss-reactive ketones (excluding diaryl/α,β-unsaturated/α-hetero) is 1. The first-order chi connectivity index (χ1) is 11.6. The molecule has 0 saturated carbocycles. The van der Waals surface area contributed by atoms with Crippen LogP contribution in [0.4, 0.5) is 5.95 Å². The van der Waals surface area contributed by atoms with E-state index in [2.05, 4.69) is 35.0 Å². The number of anilines is 1. The molecular formula is C20H19N3O. The van der Waals surface area contributed by atoms with E-state index in [4.69, 9.17) is 4.98 Å². The van der Waals surface area contributed by atoms with Crippen LogP contribution in [0.3, 0.4) is 0 Å². The summed E-state index contributed by atoms with van der Waals surface area (Å²) in [6, 6.07) is 16.1. The number of hydrogen-bond donors (Lipinski definition) is 1. The highest BCUT2D eigenvalue weighted by molar-refractivity contribution is 5.97. The number of nitrogens with zero attached hydrogens (tertiary/aromatic N) is 2. The van der Waals surface area contributed by atoms with Gasteiger partial charge in [-0.05, 0) is 44.0 Å². The van der Waals surface area contributed by atoms with Crippen molar-refractivity contribution in [3.63, 3.8) is 0 Å². The summed E-state index contributed by atoms with van der Waals surface area (Å²) in [5.74, 6) is 0.864. The Hall–Kier alpha value is -2.88. The molecule has 1 aromatic heterocycles. The first kappa shape index (κ1) is 14.7. The van der Waals surface area contributed by atoms with Crippen LogP contribution in [0.15, 0.2) is 59.8 Å². The largest absolute Gasteiger partial charge is 0.329 e. The predicted molar refractivity (Wildman–Crippen MR) is 96.1 cm³/mol. The number of carbonyl (C=O) groups excluding carboxylic acids is 1. The molecule has 0 saturated heterocycles. The zero-order valence-electron chi connectivity index (χ0n) is 14.0. The number of aromatic nitrogens is 2. The van der Waals surface area contributed by atoms with E-state index in [0.717, 1.165) is 33.8 Å². The van der Waals surface area contributed by atoms with Crippen LogP contribution in [0.5, 0.6) is 0 Å². The summed E-state index contributed by atoms with van der Waals surface area (Å²) in [5.41, 5.74) is 5.92. The average Bonchev–Trinajstić information content (AvgIpc) is 2.91. The summed E-state index contributed by atoms with van der Waals surface area (Å²) >= 11 is 0. The molecule has 1 N–H and O–H groups in total. The van der Waals surface area contributed by atoms with Gasteiger partial charge in [-0.3, -0.25) is 9.36 Å². The maximum Gasteiger partial charge on any atom is 0.209 e. The molecule has 4 rings (SSSR count). The standard InChI is InChI=1S/C20H19N3O/c1-12-8-4-5-9-15(12)19-18(14(3)24)13(2)21-20-22-16-10-6-7-11-17(16)23(19)20/h4-11,19H,1-3H3,(H,21,22). The summed E-state index contributed by atoms with van der Waals surface area (Å²) < 4.78 is 2.14. The third-order valence-electron chi connectivity index (χ3n) is 4.69. The number of carbonyl (C=O) groups is 1. The number of aryl methyl sites for hydroxylation is 1. The Morgan fingerprint density at radius 3 is 2.54 bits per heavy atom. The maximum absolute atomic E-state index is 12.4. The number of allylic oxidation sites excluding steroid dienone is 2. The minimum atomic E-state index is -0.160. The number of ketones is 1. The van der Waals surface area contributed by atoms with E-state index >= 15 is 0 Å². The van der Waals surface area contributed by atoms with Gasteiger partial charge in [0.05, 0.1) is 17.1 Å². The van der Waals surface area contributed by atoms with Gasteiger partial charge >= 0.3 is 0 Å². The SMILES string of the molecule is CC(=O)C1=C(C)Nc2nc3ccccc3n2C1c1ccccc1C. The van der Waals surface area contributed by atoms with Crippen molar-refractivity contribution in [2.75, 3.05) is 5.32 Å². The van der Waals surface area contributed by atoms with Crippen molar-refractivity contribution >= 4 is 22.8 Å². The molecule has 2 aromatic carbocycles. The third-order valence-corrected chi connectivity index (χ3v) is 4.69. The number of nitrogens with one attached hydrogen (secondary N) is 1. The van der Waals surface area contributed by atoms with E-state index in [1.165, 1.54) is 5.56 Å². The lowest BCUT2D eigenvalue weighted by molar-refractivity contribution is -0.114. The number of fused-ring (bicyclic) bond motifs is 3. The van der Waals surface area contributed by atoms with Crippen molar-refractivity contribution in [1.82, 2.24) is 9.55 Å². The minimum absolute atomic E-state index is 0.0803. The van der Waals surface area contributed by atoms with Crippen LogP contribution in [-0.2, 0) is 4.79 Å². The van der Waals surface area contributed by atoms with Gasteiger partial charge < -0.3 is 5.32 Å². The van der Waals surface area contributed by atoms with Crippen molar-refractivity contribution in [3.8, 4) is 0 Å². The Morgan fingerprint density at radius 1 is 1.08 bits per heavy atom. The zero-order chi connectivity index (χ0) is 16.8. The number of hydrogen-bond acceptors (Lipinski definition) is 3. The molecule has 120 valence electrons. The molecule has 1 aliphatic heterocycles. The van der Waals surface area contributed by atoms with Crippen molar-refractivity contribution < 1.29 is 4.79 Å². The van der Waals surface area contributed by atoms with E-state index < -0.39 is 0 Å². The van der Waals surface area contributed by atoms with Gasteiger partial charge in [-0.15, -0.1) is 0 Å². The molecule has 24 heavy (non-hydrogen) atoms. The van der Waals surface area contributed by atoms with Gasteiger partial charge in [0.1, 0.15) is 0 Å². The molecule has 4 heteroatoms. The van der Waals surface area contributed by atoms with Crippen LogP contribution in [0.2, 0.25) is 0 Å². The first-order valence-corrected chi connectivity index (χ1v) is 8.09. The highest BCUT2D eigenvalue weighted by Gasteiger charge is 2.32. The topological polar surface area (TPSA) is 46.9 Å². The Balaban J connectivity index is 2.07. The van der Waals surface area contributed by atoms with Crippen LogP contribution in [0.25, 0.3) is 11.0 Å². The van der Waals surface area contributed by atoms with Crippen LogP contribution < -0.4 is 5.32 Å². The lowest BCUT2D eigenvalue weighted by Crippen LogP contribution is -2.27. The average molecular weight is 317 g/mol. The van der Waals surface area contributed by atoms with Crippen molar-refractivity contribution in [3.05, 3.63) is 70.9 Å². The second-order valence-electron chi connectivity index (χ2n) is 6.27. The quantitative estimate of drug-likeness (QED) is 0.769. The molecule has 1 atom stereocenters. The number of rotatable bonds is 2. The first-order valence-electron chi connectivity index (χ1n) is 8.09. The number of benzene rings is 2. The monoisotopic (exact) mass is 317 g/mol. The Bertz CT molecular complexity index is 997. The van der Waals surface area contributed by atoms with E-state index in [1.54, 1.807) is 6.92 Å². The number of imidazole rings is 1. The van der Waals surface area contributed by atoms with Gasteiger partial charge in [-0.2, -0.15) is 0 Å². The molecule has 4 nitrogen and oxygen atoms in total. The Kier molecular flexibility index (Phi) is 3.27. The van der Waals surface area contributed by atoms with E-state index in [0.29, 0.717) is 0 Å². The predicted octanol–water partition coefficient (Wildman–Crippen LogP) is 4.22. The molecule has 0 fully saturated rings. The fourth-order valence-electron chi connectivity index (χ4n) is 3.61. The molecule has 0 bridgehead atoms. The van der Waals surface area contributed by atoms with Crippen molar-refractivity contribution in [2.45, 2.75) is 26.8 Å². The van der Waals surface area contributed by atoms with Gasteiger partial charge in [0.15, 0.2) is 5.78 Å². The lowest BCUT2D eigenvalue weighted by Gasteiger charge is -2.31. The van der Waals surface area contributed by atoms with Gasteiger partial charge in [-0.25, -0.2) is 4.98 Å². The van der Waals surface area contributed by atoms with Crippen molar-refractivity contribution in [1.29, 1.82) is 0 Å². The summed E-state index contributed by atoms with van der Waals surface area (Å²) in [5, 5.41) is 3.31. The summed E-state index contributed by atoms with van der Waals surface area (Å²) in [4.78, 5) is 17.1. The summed E-state index contributed by atoms with van der Waals surface area (Å²) in [6.45, 7) is 5.67. The fourth-order valence-corrected chi connectivity index (χ4v) is 3.61. The van der Waals surface area contributed by atoms with E-state index in [1.807, 2.05) is 37.3 Å². The molecule has 1 unspecified atom stereocenters. The lowest BCUT2D eigenvalue weighted by atomic mass is 9.90. The molecular weight excluding hydrogens is 298 g/mol. The summed E-state index contributed by atoms with van der Waals surface area (Å²) in [7, 11) is 0. The van der Waals surface area contributed by atoms with Crippen LogP contribution in [-0.4, -0.2) is 15.3 Å². The normalized spacial score (nSPS) is 16.9. The smallest absolute Gasteiger partial charge is 0.209 e. The zero-order valence-corrected chi connectivity index (χ0v) is 14.0. The molecule has 0 radical (unpaired) electrons. The Labute approximate surface area is 140 Å². The molecule has 1 aliphatic rings. The van der Waals surface area contributed by atoms with Gasteiger partial charge in [-0.1, -0.05) is 36.4 Å². The second kappa shape index (κ2) is 5.34. The molecule has 0 amide bonds. The molecule has 2 heterocycles. The maximum atomic E-state index is 12.4. The fraction of sp³-hybridized carbons (Fsp3) is 0.200. The van der Waals surface area contributed by atoms with Crippen LogP contribution >= 0.6 is 0 Å². The number of para-hydroxylation sites is 2. The van der Waals surface area contributed by atoms with Crippen molar-refractivity contribution in [2.24, 2.45) is 0 Å². The van der Waals surface area contributed by atoms with Gasteiger partial charge in [0.25, 0.3) is 0 Å². The van der Waals surface area contributed by atoms with Gasteiger partial charge in [0.2, 0.25) is 5.95 Å². The molecule has 3 aromatic rings. The Morgan fingerprint density at radius 2 is 1.79 bits per heavy atom. The van der Waals surface area contributed by atoms with E-state index in [9.17, 15) is 4.79 Å². The summed E-state index contributed by atoms with van der Waals surface area (Å²) in [6.07, 6.45) is 0. The minimum Gasteiger partial charge on any atom is -0.329 e. The third kappa shape index (κ3) is 2.07. The van der Waals surface area contributed by atoms with E-state index in [-0.39, 0.29) is 11.8 Å². The highest BCUT2D eigenvalue weighted by Crippen LogP contribution is 2.40. The van der Waals surface area contributed by atoms with Crippen LogP contribution in [0.1, 0.15) is 31.0 Å². The van der Waals surface area contributed by atoms with Gasteiger partial charge in [0, 0.05) is 11.3 Å². The van der Waals surface area contributed by atoms with Crippen LogP contribution in [0, 0.1) is 6.92 Å². The molecule has 0 aliphatic carbocycles. The molecule has 0 spiro atoms.